The summed E-state index contributed by atoms with van der Waals surface area (Å²) in [6, 6.07) is 15.5. The lowest BCUT2D eigenvalue weighted by molar-refractivity contribution is -0.384. The van der Waals surface area contributed by atoms with Crippen LogP contribution in [0.4, 0.5) is 5.69 Å². The molecule has 4 rings (SSSR count). The molecule has 0 aliphatic rings. The first-order valence-corrected chi connectivity index (χ1v) is 7.98. The van der Waals surface area contributed by atoms with Gasteiger partial charge in [0.15, 0.2) is 11.1 Å². The van der Waals surface area contributed by atoms with Crippen molar-refractivity contribution in [2.24, 2.45) is 5.10 Å². The van der Waals surface area contributed by atoms with Crippen molar-refractivity contribution in [3.8, 4) is 5.69 Å². The van der Waals surface area contributed by atoms with Gasteiger partial charge < -0.3 is 0 Å². The highest BCUT2D eigenvalue weighted by Gasteiger charge is 2.09. The van der Waals surface area contributed by atoms with Gasteiger partial charge in [-0.3, -0.25) is 15.5 Å². The molecule has 4 aromatic rings. The second kappa shape index (κ2) is 6.64. The van der Waals surface area contributed by atoms with Crippen LogP contribution in [0.25, 0.3) is 16.7 Å². The molecule has 2 aromatic heterocycles. The van der Waals surface area contributed by atoms with Crippen LogP contribution in [0.3, 0.4) is 0 Å². The van der Waals surface area contributed by atoms with Crippen LogP contribution in [-0.2, 0) is 0 Å². The van der Waals surface area contributed by atoms with Crippen LogP contribution in [0, 0.1) is 15.5 Å². The Morgan fingerprint density at radius 1 is 1.11 bits per heavy atom. The first-order valence-electron chi connectivity index (χ1n) is 7.98. The maximum Gasteiger partial charge on any atom is 0.269 e. The van der Waals surface area contributed by atoms with Crippen LogP contribution in [-0.4, -0.2) is 30.6 Å². The fourth-order valence-electron chi connectivity index (χ4n) is 2.58. The minimum Gasteiger partial charge on any atom is -0.282 e. The molecule has 2 heterocycles. The Labute approximate surface area is 152 Å². The summed E-state index contributed by atoms with van der Waals surface area (Å²) in [5.41, 5.74) is 2.24. The van der Waals surface area contributed by atoms with E-state index < -0.39 is 4.92 Å². The number of non-ortho nitro benzene ring substituents is 1. The quantitative estimate of drug-likeness (QED) is 0.342. The fourth-order valence-corrected chi connectivity index (χ4v) is 2.58. The van der Waals surface area contributed by atoms with Crippen molar-refractivity contribution < 1.29 is 4.92 Å². The van der Waals surface area contributed by atoms with Crippen molar-refractivity contribution >= 4 is 22.9 Å². The van der Waals surface area contributed by atoms with Crippen molar-refractivity contribution in [2.75, 3.05) is 0 Å². The number of aromatic nitrogens is 4. The Kier molecular flexibility index (Phi) is 4.01. The number of fused-ring (bicyclic) bond motifs is 1. The number of nitro groups is 1. The van der Waals surface area contributed by atoms with Gasteiger partial charge in [0.1, 0.15) is 6.33 Å². The van der Waals surface area contributed by atoms with E-state index >= 15 is 0 Å². The molecule has 0 amide bonds. The lowest BCUT2D eigenvalue weighted by Crippen LogP contribution is -2.17. The fraction of sp³-hybridized carbons (Fsp3) is 0. The van der Waals surface area contributed by atoms with E-state index in [1.54, 1.807) is 23.0 Å². The van der Waals surface area contributed by atoms with Gasteiger partial charge >= 0.3 is 0 Å². The molecule has 27 heavy (non-hydrogen) atoms. The van der Waals surface area contributed by atoms with Crippen molar-refractivity contribution in [2.45, 2.75) is 0 Å². The smallest absolute Gasteiger partial charge is 0.269 e. The first kappa shape index (κ1) is 16.3. The Hall–Kier alpha value is -4.14. The Morgan fingerprint density at radius 3 is 2.56 bits per heavy atom. The normalized spacial score (nSPS) is 11.3. The maximum atomic E-state index is 10.7. The lowest BCUT2D eigenvalue weighted by atomic mass is 10.2. The molecule has 2 aromatic carbocycles. The number of para-hydroxylation sites is 1. The molecule has 0 saturated heterocycles. The summed E-state index contributed by atoms with van der Waals surface area (Å²) < 4.78 is 2.98. The van der Waals surface area contributed by atoms with Gasteiger partial charge in [-0.25, -0.2) is 14.3 Å². The predicted molar refractivity (Wildman–Crippen MR) is 98.8 cm³/mol. The summed E-state index contributed by atoms with van der Waals surface area (Å²) in [5.74, 6) is 0. The Morgan fingerprint density at radius 2 is 1.85 bits per heavy atom. The molecule has 0 aliphatic carbocycles. The van der Waals surface area contributed by atoms with Gasteiger partial charge in [-0.2, -0.15) is 10.2 Å². The van der Waals surface area contributed by atoms with Crippen molar-refractivity contribution in [3.05, 3.63) is 88.3 Å². The molecule has 1 N–H and O–H groups in total. The predicted octanol–water partition coefficient (Wildman–Crippen LogP) is 2.49. The number of nitrogens with zero attached hydrogens (tertiary/aromatic N) is 6. The Balaban J connectivity index is 1.68. The maximum absolute atomic E-state index is 10.7. The molecule has 0 unspecified atom stereocenters. The molecule has 0 spiro atoms. The first-order chi connectivity index (χ1) is 13.1. The molecule has 132 valence electrons. The molecule has 0 bridgehead atoms. The number of hydrogen-bond acceptors (Lipinski definition) is 6. The topological polar surface area (TPSA) is 115 Å². The number of nitrogens with one attached hydrogen (secondary N) is 1. The monoisotopic (exact) mass is 359 g/mol. The standard InChI is InChI=1S/C18H13N7O2/c19-17-16-11-22-24(14-4-2-1-3-5-14)18(16)20-12-23(17)21-10-13-6-8-15(9-7-13)25(26)27/h1-12,19H/b19-17?,21-10+. The summed E-state index contributed by atoms with van der Waals surface area (Å²) in [6.45, 7) is 0. The molecule has 0 saturated carbocycles. The molecule has 0 aliphatic heterocycles. The van der Waals surface area contributed by atoms with Gasteiger partial charge in [0, 0.05) is 12.1 Å². The largest absolute Gasteiger partial charge is 0.282 e. The number of hydrogen-bond donors (Lipinski definition) is 1. The third-order valence-electron chi connectivity index (χ3n) is 3.95. The van der Waals surface area contributed by atoms with Crippen molar-refractivity contribution in [3.63, 3.8) is 0 Å². The number of nitro benzene ring substituents is 1. The molecular formula is C18H13N7O2. The van der Waals surface area contributed by atoms with Crippen LogP contribution < -0.4 is 5.49 Å². The summed E-state index contributed by atoms with van der Waals surface area (Å²) in [5, 5.41) is 28.1. The average Bonchev–Trinajstić information content (AvgIpc) is 3.13. The van der Waals surface area contributed by atoms with E-state index in [1.807, 2.05) is 30.3 Å². The van der Waals surface area contributed by atoms with Gasteiger partial charge in [-0.1, -0.05) is 18.2 Å². The zero-order chi connectivity index (χ0) is 18.8. The number of benzene rings is 2. The highest BCUT2D eigenvalue weighted by Crippen LogP contribution is 2.13. The highest BCUT2D eigenvalue weighted by atomic mass is 16.6. The lowest BCUT2D eigenvalue weighted by Gasteiger charge is -2.03. The second-order valence-corrected chi connectivity index (χ2v) is 5.66. The minimum absolute atomic E-state index is 0.0115. The van der Waals surface area contributed by atoms with Crippen LogP contribution in [0.5, 0.6) is 0 Å². The van der Waals surface area contributed by atoms with Gasteiger partial charge in [-0.15, -0.1) is 0 Å². The summed E-state index contributed by atoms with van der Waals surface area (Å²) in [4.78, 5) is 14.6. The molecular weight excluding hydrogens is 346 g/mol. The van der Waals surface area contributed by atoms with E-state index in [-0.39, 0.29) is 11.2 Å². The molecule has 9 nitrogen and oxygen atoms in total. The molecule has 0 fully saturated rings. The summed E-state index contributed by atoms with van der Waals surface area (Å²) in [6.07, 6.45) is 4.53. The Bertz CT molecular complexity index is 1210. The average molecular weight is 359 g/mol. The highest BCUT2D eigenvalue weighted by molar-refractivity contribution is 5.80. The summed E-state index contributed by atoms with van der Waals surface area (Å²) >= 11 is 0. The zero-order valence-corrected chi connectivity index (χ0v) is 13.9. The van der Waals surface area contributed by atoms with E-state index in [9.17, 15) is 10.1 Å². The molecule has 0 atom stereocenters. The third kappa shape index (κ3) is 3.09. The van der Waals surface area contributed by atoms with E-state index in [4.69, 9.17) is 5.41 Å². The number of rotatable bonds is 4. The molecule has 9 heteroatoms. The van der Waals surface area contributed by atoms with Gasteiger partial charge in [0.25, 0.3) is 5.69 Å². The van der Waals surface area contributed by atoms with E-state index in [0.29, 0.717) is 16.6 Å². The minimum atomic E-state index is -0.459. The van der Waals surface area contributed by atoms with Crippen LogP contribution >= 0.6 is 0 Å². The second-order valence-electron chi connectivity index (χ2n) is 5.66. The van der Waals surface area contributed by atoms with Crippen molar-refractivity contribution in [1.29, 1.82) is 5.41 Å². The van der Waals surface area contributed by atoms with E-state index in [0.717, 1.165) is 5.69 Å². The van der Waals surface area contributed by atoms with Gasteiger partial charge in [0.05, 0.1) is 28.4 Å². The third-order valence-corrected chi connectivity index (χ3v) is 3.95. The summed E-state index contributed by atoms with van der Waals surface area (Å²) in [7, 11) is 0. The van der Waals surface area contributed by atoms with Crippen LogP contribution in [0.2, 0.25) is 0 Å². The van der Waals surface area contributed by atoms with Crippen LogP contribution in [0.15, 0.2) is 72.2 Å². The zero-order valence-electron chi connectivity index (χ0n) is 13.9. The van der Waals surface area contributed by atoms with E-state index in [1.165, 1.54) is 29.4 Å². The van der Waals surface area contributed by atoms with E-state index in [2.05, 4.69) is 15.2 Å². The van der Waals surface area contributed by atoms with Crippen LogP contribution in [0.1, 0.15) is 5.56 Å². The van der Waals surface area contributed by atoms with Gasteiger partial charge in [0.2, 0.25) is 0 Å². The SMILES string of the molecule is N=c1c2cnn(-c3ccccc3)c2ncn1/N=C/c1ccc([N+](=O)[O-])cc1. The van der Waals surface area contributed by atoms with Crippen molar-refractivity contribution in [1.82, 2.24) is 19.4 Å². The molecule has 0 radical (unpaired) electrons. The van der Waals surface area contributed by atoms with Gasteiger partial charge in [-0.05, 0) is 29.8 Å².